The van der Waals surface area contributed by atoms with Crippen LogP contribution in [0.1, 0.15) is 30.9 Å². The number of phenols is 1. The van der Waals surface area contributed by atoms with Crippen LogP contribution in [0.5, 0.6) is 11.5 Å². The molecule has 19 heavy (non-hydrogen) atoms. The van der Waals surface area contributed by atoms with Crippen molar-refractivity contribution in [3.05, 3.63) is 20.6 Å². The van der Waals surface area contributed by atoms with Crippen molar-refractivity contribution < 1.29 is 14.9 Å². The Labute approximate surface area is 129 Å². The number of ether oxygens (including phenoxy) is 1. The molecule has 2 atom stereocenters. The number of aliphatic hydroxyl groups excluding tert-OH is 1. The molecule has 4 N–H and O–H groups in total. The molecule has 4 nitrogen and oxygen atoms in total. The second kappa shape index (κ2) is 5.99. The Hall–Kier alpha value is -0.300. The number of aliphatic hydroxyl groups is 1. The zero-order valence-corrected chi connectivity index (χ0v) is 13.7. The van der Waals surface area contributed by atoms with Crippen LogP contribution in [0.4, 0.5) is 0 Å². The van der Waals surface area contributed by atoms with Crippen molar-refractivity contribution in [3.63, 3.8) is 0 Å². The van der Waals surface area contributed by atoms with E-state index in [1.807, 2.05) is 0 Å². The van der Waals surface area contributed by atoms with Gasteiger partial charge in [-0.2, -0.15) is 0 Å². The summed E-state index contributed by atoms with van der Waals surface area (Å²) in [7, 11) is 1.48. The Morgan fingerprint density at radius 2 is 2.00 bits per heavy atom. The Morgan fingerprint density at radius 3 is 2.47 bits per heavy atom. The standard InChI is InChI=1S/C13H17Br2NO3/c1-19-8-5-7(9(14)10(15)13(8)18)11(16)12(17)6-3-2-4-6/h5-6,11-12,17-18H,2-4,16H2,1H3/t11-,12+/m0/s1. The molecule has 2 rings (SSSR count). The van der Waals surface area contributed by atoms with Gasteiger partial charge in [0.2, 0.25) is 0 Å². The average Bonchev–Trinajstić information content (AvgIpc) is 2.33. The number of nitrogens with two attached hydrogens (primary N) is 1. The smallest absolute Gasteiger partial charge is 0.173 e. The lowest BCUT2D eigenvalue weighted by Crippen LogP contribution is -2.36. The zero-order valence-electron chi connectivity index (χ0n) is 10.6. The molecule has 1 aromatic rings. The zero-order chi connectivity index (χ0) is 14.2. The van der Waals surface area contributed by atoms with Crippen LogP contribution in [0.15, 0.2) is 15.0 Å². The van der Waals surface area contributed by atoms with Gasteiger partial charge in [-0.15, -0.1) is 0 Å². The molecule has 1 saturated carbocycles. The van der Waals surface area contributed by atoms with E-state index in [2.05, 4.69) is 31.9 Å². The average molecular weight is 395 g/mol. The second-order valence-corrected chi connectivity index (χ2v) is 6.44. The number of hydrogen-bond acceptors (Lipinski definition) is 4. The van der Waals surface area contributed by atoms with Crippen LogP contribution in [-0.4, -0.2) is 23.4 Å². The maximum absolute atomic E-state index is 10.3. The van der Waals surface area contributed by atoms with Crippen molar-refractivity contribution >= 4 is 31.9 Å². The van der Waals surface area contributed by atoms with Gasteiger partial charge in [0.25, 0.3) is 0 Å². The highest BCUT2D eigenvalue weighted by Crippen LogP contribution is 2.45. The van der Waals surface area contributed by atoms with E-state index in [1.54, 1.807) is 6.07 Å². The lowest BCUT2D eigenvalue weighted by molar-refractivity contribution is 0.0411. The summed E-state index contributed by atoms with van der Waals surface area (Å²) in [5.41, 5.74) is 6.88. The second-order valence-electron chi connectivity index (χ2n) is 4.85. The molecule has 1 aliphatic rings. The number of hydrogen-bond donors (Lipinski definition) is 3. The fourth-order valence-electron chi connectivity index (χ4n) is 2.27. The van der Waals surface area contributed by atoms with Gasteiger partial charge in [0.15, 0.2) is 11.5 Å². The number of methoxy groups -OCH3 is 1. The molecule has 1 aliphatic carbocycles. The minimum Gasteiger partial charge on any atom is -0.503 e. The quantitative estimate of drug-likeness (QED) is 0.733. The van der Waals surface area contributed by atoms with E-state index in [0.29, 0.717) is 14.7 Å². The van der Waals surface area contributed by atoms with Crippen molar-refractivity contribution in [2.24, 2.45) is 11.7 Å². The summed E-state index contributed by atoms with van der Waals surface area (Å²) in [6, 6.07) is 1.15. The first-order chi connectivity index (χ1) is 8.97. The highest BCUT2D eigenvalue weighted by Gasteiger charge is 2.32. The molecule has 0 unspecified atom stereocenters. The predicted octanol–water partition coefficient (Wildman–Crippen LogP) is 3.09. The van der Waals surface area contributed by atoms with Gasteiger partial charge in [-0.25, -0.2) is 0 Å². The molecule has 6 heteroatoms. The third-order valence-electron chi connectivity index (χ3n) is 3.75. The largest absolute Gasteiger partial charge is 0.503 e. The Kier molecular flexibility index (Phi) is 4.76. The fourth-order valence-corrected chi connectivity index (χ4v) is 3.26. The molecule has 0 radical (unpaired) electrons. The van der Waals surface area contributed by atoms with Crippen molar-refractivity contribution in [2.75, 3.05) is 7.11 Å². The molecule has 0 amide bonds. The van der Waals surface area contributed by atoms with Crippen molar-refractivity contribution in [2.45, 2.75) is 31.4 Å². The molecular weight excluding hydrogens is 378 g/mol. The SMILES string of the molecule is COc1cc([C@H](N)[C@H](O)C2CCC2)c(Br)c(Br)c1O. The van der Waals surface area contributed by atoms with Crippen LogP contribution in [-0.2, 0) is 0 Å². The lowest BCUT2D eigenvalue weighted by Gasteiger charge is -2.34. The van der Waals surface area contributed by atoms with E-state index in [0.717, 1.165) is 24.8 Å². The summed E-state index contributed by atoms with van der Waals surface area (Å²) in [6.45, 7) is 0. The van der Waals surface area contributed by atoms with E-state index in [-0.39, 0.29) is 11.7 Å². The molecule has 1 aromatic carbocycles. The van der Waals surface area contributed by atoms with Crippen LogP contribution in [0, 0.1) is 5.92 Å². The lowest BCUT2D eigenvalue weighted by atomic mass is 9.77. The van der Waals surface area contributed by atoms with Crippen LogP contribution in [0.3, 0.4) is 0 Å². The Bertz CT molecular complexity index is 477. The minimum atomic E-state index is -0.578. The van der Waals surface area contributed by atoms with Gasteiger partial charge in [0.1, 0.15) is 0 Å². The summed E-state index contributed by atoms with van der Waals surface area (Å²) in [5.74, 6) is 0.616. The first-order valence-electron chi connectivity index (χ1n) is 6.15. The van der Waals surface area contributed by atoms with Gasteiger partial charge in [0, 0.05) is 4.47 Å². The summed E-state index contributed by atoms with van der Waals surface area (Å²) < 4.78 is 6.25. The number of benzene rings is 1. The molecule has 0 saturated heterocycles. The predicted molar refractivity (Wildman–Crippen MR) is 80.3 cm³/mol. The molecule has 0 aromatic heterocycles. The van der Waals surface area contributed by atoms with Crippen LogP contribution < -0.4 is 10.5 Å². The molecule has 1 fully saturated rings. The van der Waals surface area contributed by atoms with Gasteiger partial charge >= 0.3 is 0 Å². The number of rotatable bonds is 4. The number of phenolic OH excluding ortho intramolecular Hbond substituents is 1. The van der Waals surface area contributed by atoms with Gasteiger partial charge in [0.05, 0.1) is 23.7 Å². The first kappa shape index (κ1) is 15.1. The van der Waals surface area contributed by atoms with Gasteiger partial charge in [-0.1, -0.05) is 6.42 Å². The van der Waals surface area contributed by atoms with E-state index >= 15 is 0 Å². The van der Waals surface area contributed by atoms with Crippen molar-refractivity contribution in [1.29, 1.82) is 0 Å². The number of aromatic hydroxyl groups is 1. The summed E-state index contributed by atoms with van der Waals surface area (Å²) >= 11 is 6.69. The summed E-state index contributed by atoms with van der Waals surface area (Å²) in [6.07, 6.45) is 2.61. The Balaban J connectivity index is 2.35. The summed E-state index contributed by atoms with van der Waals surface area (Å²) in [4.78, 5) is 0. The molecule has 106 valence electrons. The van der Waals surface area contributed by atoms with E-state index in [1.165, 1.54) is 7.11 Å². The topological polar surface area (TPSA) is 75.7 Å². The third kappa shape index (κ3) is 2.77. The molecular formula is C13H17Br2NO3. The van der Waals surface area contributed by atoms with Crippen molar-refractivity contribution in [1.82, 2.24) is 0 Å². The van der Waals surface area contributed by atoms with Crippen LogP contribution in [0.2, 0.25) is 0 Å². The maximum atomic E-state index is 10.3. The monoisotopic (exact) mass is 393 g/mol. The molecule has 0 bridgehead atoms. The first-order valence-corrected chi connectivity index (χ1v) is 7.74. The number of halogens is 2. The molecule has 0 aliphatic heterocycles. The highest BCUT2D eigenvalue weighted by atomic mass is 79.9. The normalized spacial score (nSPS) is 18.8. The van der Waals surface area contributed by atoms with Gasteiger partial charge in [-0.05, 0) is 62.2 Å². The Morgan fingerprint density at radius 1 is 1.37 bits per heavy atom. The van der Waals surface area contributed by atoms with E-state index in [4.69, 9.17) is 10.5 Å². The molecule has 0 spiro atoms. The van der Waals surface area contributed by atoms with Crippen LogP contribution >= 0.6 is 31.9 Å². The van der Waals surface area contributed by atoms with E-state index < -0.39 is 12.1 Å². The minimum absolute atomic E-state index is 0.0171. The highest BCUT2D eigenvalue weighted by molar-refractivity contribution is 9.13. The van der Waals surface area contributed by atoms with Crippen LogP contribution in [0.25, 0.3) is 0 Å². The van der Waals surface area contributed by atoms with Gasteiger partial charge < -0.3 is 20.7 Å². The fraction of sp³-hybridized carbons (Fsp3) is 0.538. The maximum Gasteiger partial charge on any atom is 0.173 e. The van der Waals surface area contributed by atoms with Gasteiger partial charge in [-0.3, -0.25) is 0 Å². The molecule has 0 heterocycles. The van der Waals surface area contributed by atoms with E-state index in [9.17, 15) is 10.2 Å². The summed E-state index contributed by atoms with van der Waals surface area (Å²) in [5, 5.41) is 20.2. The van der Waals surface area contributed by atoms with Crippen molar-refractivity contribution in [3.8, 4) is 11.5 Å². The third-order valence-corrected chi connectivity index (χ3v) is 5.91.